The lowest BCUT2D eigenvalue weighted by Crippen LogP contribution is -2.01. The molecule has 1 aromatic heterocycles. The predicted octanol–water partition coefficient (Wildman–Crippen LogP) is 3.19. The van der Waals surface area contributed by atoms with Crippen LogP contribution in [0.1, 0.15) is 35.2 Å². The smallest absolute Gasteiger partial charge is 0.162 e. The van der Waals surface area contributed by atoms with Gasteiger partial charge in [0, 0.05) is 23.7 Å². The molecule has 2 rings (SSSR count). The Morgan fingerprint density at radius 2 is 2.06 bits per heavy atom. The highest BCUT2D eigenvalue weighted by molar-refractivity contribution is 5.96. The molecule has 4 heteroatoms. The summed E-state index contributed by atoms with van der Waals surface area (Å²) < 4.78 is 4.98. The van der Waals surface area contributed by atoms with Gasteiger partial charge in [0.05, 0.1) is 6.54 Å². The van der Waals surface area contributed by atoms with Gasteiger partial charge in [-0.2, -0.15) is 0 Å². The zero-order valence-corrected chi connectivity index (χ0v) is 10.6. The molecule has 0 unspecified atom stereocenters. The Morgan fingerprint density at radius 1 is 1.33 bits per heavy atom. The maximum absolute atomic E-state index is 11.5. The molecule has 0 aliphatic rings. The van der Waals surface area contributed by atoms with Gasteiger partial charge in [-0.15, -0.1) is 0 Å². The first kappa shape index (κ1) is 12.4. The van der Waals surface area contributed by atoms with E-state index in [1.54, 1.807) is 0 Å². The fourth-order valence-electron chi connectivity index (χ4n) is 1.67. The molecule has 0 saturated carbocycles. The van der Waals surface area contributed by atoms with E-state index >= 15 is 0 Å². The van der Waals surface area contributed by atoms with Gasteiger partial charge in [0.25, 0.3) is 0 Å². The van der Waals surface area contributed by atoms with Crippen molar-refractivity contribution >= 4 is 11.5 Å². The van der Waals surface area contributed by atoms with E-state index in [2.05, 4.69) is 10.5 Å². The maximum Gasteiger partial charge on any atom is 0.162 e. The van der Waals surface area contributed by atoms with Gasteiger partial charge in [0.1, 0.15) is 11.5 Å². The number of hydrogen-bond donors (Lipinski definition) is 1. The molecule has 0 amide bonds. The summed E-state index contributed by atoms with van der Waals surface area (Å²) in [5, 5.41) is 7.12. The Kier molecular flexibility index (Phi) is 3.77. The number of rotatable bonds is 5. The molecule has 1 N–H and O–H groups in total. The van der Waals surface area contributed by atoms with Crippen LogP contribution < -0.4 is 5.32 Å². The SMILES string of the molecule is CCC(=O)c1ccc(NCc2cc(C)on2)cc1. The van der Waals surface area contributed by atoms with Crippen LogP contribution in [0.2, 0.25) is 0 Å². The van der Waals surface area contributed by atoms with Crippen molar-refractivity contribution in [3.63, 3.8) is 0 Å². The summed E-state index contributed by atoms with van der Waals surface area (Å²) in [4.78, 5) is 11.5. The molecule has 0 radical (unpaired) electrons. The number of nitrogens with zero attached hydrogens (tertiary/aromatic N) is 1. The van der Waals surface area contributed by atoms with Gasteiger partial charge in [0.2, 0.25) is 0 Å². The van der Waals surface area contributed by atoms with Crippen LogP contribution in [-0.4, -0.2) is 10.9 Å². The molecule has 0 fully saturated rings. The summed E-state index contributed by atoms with van der Waals surface area (Å²) in [6, 6.07) is 9.36. The third-order valence-corrected chi connectivity index (χ3v) is 2.68. The van der Waals surface area contributed by atoms with Crippen LogP contribution >= 0.6 is 0 Å². The van der Waals surface area contributed by atoms with Crippen molar-refractivity contribution < 1.29 is 9.32 Å². The van der Waals surface area contributed by atoms with E-state index in [1.165, 1.54) is 0 Å². The molecule has 2 aromatic rings. The van der Waals surface area contributed by atoms with Gasteiger partial charge in [-0.05, 0) is 31.2 Å². The minimum Gasteiger partial charge on any atom is -0.379 e. The second kappa shape index (κ2) is 5.49. The van der Waals surface area contributed by atoms with Gasteiger partial charge in [-0.25, -0.2) is 0 Å². The van der Waals surface area contributed by atoms with Crippen molar-refractivity contribution in [1.29, 1.82) is 0 Å². The Hall–Kier alpha value is -2.10. The van der Waals surface area contributed by atoms with Crippen LogP contribution in [0.15, 0.2) is 34.9 Å². The zero-order valence-electron chi connectivity index (χ0n) is 10.6. The number of anilines is 1. The molecule has 1 heterocycles. The van der Waals surface area contributed by atoms with E-state index in [1.807, 2.05) is 44.2 Å². The Morgan fingerprint density at radius 3 is 2.61 bits per heavy atom. The van der Waals surface area contributed by atoms with E-state index in [0.717, 1.165) is 22.7 Å². The first-order chi connectivity index (χ1) is 8.69. The second-order valence-electron chi connectivity index (χ2n) is 4.14. The molecule has 94 valence electrons. The predicted molar refractivity (Wildman–Crippen MR) is 69.6 cm³/mol. The molecule has 0 aliphatic carbocycles. The highest BCUT2D eigenvalue weighted by Crippen LogP contribution is 2.12. The van der Waals surface area contributed by atoms with Crippen LogP contribution in [0.25, 0.3) is 0 Å². The van der Waals surface area contributed by atoms with E-state index in [9.17, 15) is 4.79 Å². The number of carbonyl (C=O) groups is 1. The average Bonchev–Trinajstić information content (AvgIpc) is 2.82. The fraction of sp³-hybridized carbons (Fsp3) is 0.286. The largest absolute Gasteiger partial charge is 0.379 e. The van der Waals surface area contributed by atoms with Crippen molar-refractivity contribution in [3.8, 4) is 0 Å². The summed E-state index contributed by atoms with van der Waals surface area (Å²) in [5.41, 5.74) is 2.57. The molecule has 0 atom stereocenters. The van der Waals surface area contributed by atoms with Crippen LogP contribution in [-0.2, 0) is 6.54 Å². The summed E-state index contributed by atoms with van der Waals surface area (Å²) in [6.07, 6.45) is 0.533. The number of hydrogen-bond acceptors (Lipinski definition) is 4. The summed E-state index contributed by atoms with van der Waals surface area (Å²) >= 11 is 0. The number of benzene rings is 1. The third-order valence-electron chi connectivity index (χ3n) is 2.68. The number of Topliss-reactive ketones (excluding diaryl/α,β-unsaturated/α-hetero) is 1. The van der Waals surface area contributed by atoms with Gasteiger partial charge < -0.3 is 9.84 Å². The molecule has 1 aromatic carbocycles. The van der Waals surface area contributed by atoms with Gasteiger partial charge in [-0.3, -0.25) is 4.79 Å². The summed E-state index contributed by atoms with van der Waals surface area (Å²) in [6.45, 7) is 4.33. The molecule has 0 bridgehead atoms. The topological polar surface area (TPSA) is 55.1 Å². The first-order valence-corrected chi connectivity index (χ1v) is 5.98. The first-order valence-electron chi connectivity index (χ1n) is 5.98. The third kappa shape index (κ3) is 2.97. The van der Waals surface area contributed by atoms with Gasteiger partial charge in [-0.1, -0.05) is 12.1 Å². The molecule has 0 spiro atoms. The maximum atomic E-state index is 11.5. The zero-order chi connectivity index (χ0) is 13.0. The highest BCUT2D eigenvalue weighted by Gasteiger charge is 2.03. The van der Waals surface area contributed by atoms with Crippen LogP contribution in [0.3, 0.4) is 0 Å². The quantitative estimate of drug-likeness (QED) is 0.821. The van der Waals surface area contributed by atoms with Crippen LogP contribution in [0.4, 0.5) is 5.69 Å². The van der Waals surface area contributed by atoms with Gasteiger partial charge >= 0.3 is 0 Å². The average molecular weight is 244 g/mol. The molecule has 18 heavy (non-hydrogen) atoms. The number of aromatic nitrogens is 1. The monoisotopic (exact) mass is 244 g/mol. The Bertz CT molecular complexity index is 529. The van der Waals surface area contributed by atoms with E-state index in [4.69, 9.17) is 4.52 Å². The molecular formula is C14H16N2O2. The minimum atomic E-state index is 0.161. The molecule has 0 aliphatic heterocycles. The number of ketones is 1. The van der Waals surface area contributed by atoms with E-state index < -0.39 is 0 Å². The van der Waals surface area contributed by atoms with Crippen molar-refractivity contribution in [2.75, 3.05) is 5.32 Å². The Balaban J connectivity index is 1.96. The normalized spacial score (nSPS) is 10.3. The highest BCUT2D eigenvalue weighted by atomic mass is 16.5. The van der Waals surface area contributed by atoms with E-state index in [-0.39, 0.29) is 5.78 Å². The second-order valence-corrected chi connectivity index (χ2v) is 4.14. The number of carbonyl (C=O) groups excluding carboxylic acids is 1. The number of nitrogens with one attached hydrogen (secondary N) is 1. The molecule has 0 saturated heterocycles. The van der Waals surface area contributed by atoms with Gasteiger partial charge in [0.15, 0.2) is 5.78 Å². The van der Waals surface area contributed by atoms with Crippen molar-refractivity contribution in [3.05, 3.63) is 47.3 Å². The standard InChI is InChI=1S/C14H16N2O2/c1-3-14(17)11-4-6-12(7-5-11)15-9-13-8-10(2)18-16-13/h4-8,15H,3,9H2,1-2H3. The number of aryl methyl sites for hydroxylation is 1. The van der Waals surface area contributed by atoms with Crippen LogP contribution in [0.5, 0.6) is 0 Å². The van der Waals surface area contributed by atoms with Crippen molar-refractivity contribution in [2.45, 2.75) is 26.8 Å². The lowest BCUT2D eigenvalue weighted by atomic mass is 10.1. The van der Waals surface area contributed by atoms with E-state index in [0.29, 0.717) is 13.0 Å². The molecular weight excluding hydrogens is 228 g/mol. The lowest BCUT2D eigenvalue weighted by molar-refractivity contribution is 0.0988. The minimum absolute atomic E-state index is 0.161. The summed E-state index contributed by atoms with van der Waals surface area (Å²) in [7, 11) is 0. The fourth-order valence-corrected chi connectivity index (χ4v) is 1.67. The van der Waals surface area contributed by atoms with Crippen molar-refractivity contribution in [1.82, 2.24) is 5.16 Å². The van der Waals surface area contributed by atoms with Crippen LogP contribution in [0, 0.1) is 6.92 Å². The Labute approximate surface area is 106 Å². The van der Waals surface area contributed by atoms with Crippen molar-refractivity contribution in [2.24, 2.45) is 0 Å². The lowest BCUT2D eigenvalue weighted by Gasteiger charge is -2.04. The molecule has 4 nitrogen and oxygen atoms in total. The summed E-state index contributed by atoms with van der Waals surface area (Å²) in [5.74, 6) is 0.962.